The van der Waals surface area contributed by atoms with E-state index >= 15 is 4.39 Å². The zero-order valence-corrected chi connectivity index (χ0v) is 29.6. The van der Waals surface area contributed by atoms with Crippen LogP contribution < -0.4 is 10.6 Å². The Morgan fingerprint density at radius 2 is 1.77 bits per heavy atom. The molecule has 0 unspecified atom stereocenters. The number of hydrogen-bond acceptors (Lipinski definition) is 8. The van der Waals surface area contributed by atoms with Crippen LogP contribution in [0.5, 0.6) is 0 Å². The predicted molar refractivity (Wildman–Crippen MR) is 186 cm³/mol. The molecule has 258 valence electrons. The maximum absolute atomic E-state index is 15.4. The second kappa shape index (κ2) is 12.6. The highest BCUT2D eigenvalue weighted by atomic mass is 32.2. The van der Waals surface area contributed by atoms with E-state index in [0.29, 0.717) is 35.8 Å². The van der Waals surface area contributed by atoms with Crippen molar-refractivity contribution < 1.29 is 18.3 Å². The minimum Gasteiger partial charge on any atom is -0.444 e. The second-order valence-electron chi connectivity index (χ2n) is 15.0. The fourth-order valence-electron chi connectivity index (χ4n) is 7.65. The van der Waals surface area contributed by atoms with Gasteiger partial charge in [0.1, 0.15) is 23.1 Å². The maximum Gasteiger partial charge on any atom is 0.410 e. The molecule has 1 amide bonds. The zero-order valence-electron chi connectivity index (χ0n) is 28.8. The summed E-state index contributed by atoms with van der Waals surface area (Å²) in [5.41, 5.74) is 1.64. The molecule has 1 aliphatic carbocycles. The quantitative estimate of drug-likeness (QED) is 0.330. The smallest absolute Gasteiger partial charge is 0.410 e. The van der Waals surface area contributed by atoms with Gasteiger partial charge in [-0.25, -0.2) is 18.4 Å². The summed E-state index contributed by atoms with van der Waals surface area (Å²) in [5, 5.41) is 0.828. The van der Waals surface area contributed by atoms with E-state index in [0.717, 1.165) is 66.2 Å². The molecule has 2 saturated heterocycles. The first-order valence-electron chi connectivity index (χ1n) is 17.2. The first kappa shape index (κ1) is 33.3. The number of hydrogen-bond donors (Lipinski definition) is 0. The maximum atomic E-state index is 15.4. The average molecular weight is 681 g/mol. The highest BCUT2D eigenvalue weighted by Crippen LogP contribution is 2.47. The van der Waals surface area contributed by atoms with Crippen LogP contribution in [0.25, 0.3) is 22.0 Å². The lowest BCUT2D eigenvalue weighted by molar-refractivity contribution is 0.0130. The third-order valence-corrected chi connectivity index (χ3v) is 11.4. The molecular weight excluding hydrogens is 634 g/mol. The first-order valence-corrected chi connectivity index (χ1v) is 18.2. The van der Waals surface area contributed by atoms with Crippen LogP contribution in [0.3, 0.4) is 0 Å². The molecule has 3 atom stereocenters. The third-order valence-electron chi connectivity index (χ3n) is 10.2. The van der Waals surface area contributed by atoms with Crippen LogP contribution in [0, 0.1) is 18.6 Å². The SMILES string of the molecule is Cc1cc2c(N3C[C@@H](C)N(C(=O)OC(C)(C)C)C[C@@H]3C)nc(=O)n3c2c(c1-c1ccc(F)cc1F)SC[C@@H]3CN1CCN(C2CC2)CC1. The molecule has 3 aliphatic heterocycles. The Morgan fingerprint density at radius 1 is 1.04 bits per heavy atom. The van der Waals surface area contributed by atoms with Crippen LogP contribution in [0.4, 0.5) is 19.4 Å². The number of nitrogens with zero attached hydrogens (tertiary/aromatic N) is 6. The molecular formula is C36H46F2N6O3S. The van der Waals surface area contributed by atoms with Crippen LogP contribution in [-0.4, -0.2) is 106 Å². The number of halogens is 2. The van der Waals surface area contributed by atoms with Gasteiger partial charge in [0.15, 0.2) is 0 Å². The Kier molecular flexibility index (Phi) is 8.73. The van der Waals surface area contributed by atoms with Crippen LogP contribution in [-0.2, 0) is 4.74 Å². The topological polar surface area (TPSA) is 74.1 Å². The number of rotatable bonds is 5. The average Bonchev–Trinajstić information content (AvgIpc) is 3.86. The highest BCUT2D eigenvalue weighted by Gasteiger charge is 2.38. The minimum absolute atomic E-state index is 0.111. The van der Waals surface area contributed by atoms with E-state index in [-0.39, 0.29) is 29.9 Å². The van der Waals surface area contributed by atoms with Gasteiger partial charge in [0.05, 0.1) is 11.6 Å². The Hall–Kier alpha value is -3.22. The number of aromatic nitrogens is 2. The number of carbonyl (C=O) groups is 1. The Morgan fingerprint density at radius 3 is 2.44 bits per heavy atom. The molecule has 1 saturated carbocycles. The summed E-state index contributed by atoms with van der Waals surface area (Å²) < 4.78 is 36.9. The number of piperazine rings is 2. The van der Waals surface area contributed by atoms with Gasteiger partial charge in [0, 0.05) is 97.2 Å². The lowest BCUT2D eigenvalue weighted by Gasteiger charge is -2.45. The van der Waals surface area contributed by atoms with Crippen molar-refractivity contribution in [1.29, 1.82) is 0 Å². The van der Waals surface area contributed by atoms with Crippen molar-refractivity contribution in [3.63, 3.8) is 0 Å². The van der Waals surface area contributed by atoms with Crippen molar-refractivity contribution in [3.05, 3.63) is 51.9 Å². The van der Waals surface area contributed by atoms with Crippen LogP contribution in [0.15, 0.2) is 34.0 Å². The highest BCUT2D eigenvalue weighted by molar-refractivity contribution is 7.99. The summed E-state index contributed by atoms with van der Waals surface area (Å²) in [6.45, 7) is 17.1. The molecule has 2 aromatic carbocycles. The summed E-state index contributed by atoms with van der Waals surface area (Å²) in [5.74, 6) is -0.0411. The lowest BCUT2D eigenvalue weighted by atomic mass is 9.96. The molecule has 0 N–H and O–H groups in total. The van der Waals surface area contributed by atoms with Gasteiger partial charge in [-0.1, -0.05) is 0 Å². The molecule has 9 nitrogen and oxygen atoms in total. The van der Waals surface area contributed by atoms with Gasteiger partial charge in [-0.15, -0.1) is 11.8 Å². The number of anilines is 1. The van der Waals surface area contributed by atoms with Gasteiger partial charge in [0.2, 0.25) is 0 Å². The molecule has 48 heavy (non-hydrogen) atoms. The number of thioether (sulfide) groups is 1. The summed E-state index contributed by atoms with van der Waals surface area (Å²) in [7, 11) is 0. The molecule has 1 aromatic heterocycles. The Labute approximate surface area is 285 Å². The van der Waals surface area contributed by atoms with Crippen molar-refractivity contribution in [3.8, 4) is 11.1 Å². The van der Waals surface area contributed by atoms with Crippen molar-refractivity contribution in [2.75, 3.05) is 56.5 Å². The molecule has 3 aromatic rings. The summed E-state index contributed by atoms with van der Waals surface area (Å²) in [6, 6.07) is 6.00. The second-order valence-corrected chi connectivity index (χ2v) is 16.1. The van der Waals surface area contributed by atoms with Crippen LogP contribution in [0.1, 0.15) is 59.1 Å². The number of aryl methyl sites for hydroxylation is 1. The van der Waals surface area contributed by atoms with E-state index in [1.807, 2.05) is 52.2 Å². The monoisotopic (exact) mass is 680 g/mol. The number of carbonyl (C=O) groups excluding carboxylic acids is 1. The fraction of sp³-hybridized carbons (Fsp3) is 0.583. The lowest BCUT2D eigenvalue weighted by Crippen LogP contribution is -2.59. The molecule has 0 radical (unpaired) electrons. The summed E-state index contributed by atoms with van der Waals surface area (Å²) >= 11 is 1.64. The molecule has 3 fully saturated rings. The van der Waals surface area contributed by atoms with Crippen molar-refractivity contribution in [2.24, 2.45) is 0 Å². The van der Waals surface area contributed by atoms with E-state index in [4.69, 9.17) is 9.72 Å². The molecule has 7 rings (SSSR count). The van der Waals surface area contributed by atoms with Crippen LogP contribution >= 0.6 is 11.8 Å². The van der Waals surface area contributed by atoms with Gasteiger partial charge in [-0.2, -0.15) is 4.98 Å². The Balaban J connectivity index is 1.30. The summed E-state index contributed by atoms with van der Waals surface area (Å²) in [6.07, 6.45) is 2.24. The van der Waals surface area contributed by atoms with Crippen LogP contribution in [0.2, 0.25) is 0 Å². The van der Waals surface area contributed by atoms with Gasteiger partial charge in [-0.3, -0.25) is 14.4 Å². The number of amides is 1. The minimum atomic E-state index is -0.631. The summed E-state index contributed by atoms with van der Waals surface area (Å²) in [4.78, 5) is 41.9. The zero-order chi connectivity index (χ0) is 34.1. The predicted octanol–water partition coefficient (Wildman–Crippen LogP) is 5.91. The van der Waals surface area contributed by atoms with Crippen molar-refractivity contribution in [1.82, 2.24) is 24.3 Å². The molecule has 0 spiro atoms. The third kappa shape index (κ3) is 6.31. The fourth-order valence-corrected chi connectivity index (χ4v) is 9.02. The largest absolute Gasteiger partial charge is 0.444 e. The van der Waals surface area contributed by atoms with E-state index in [2.05, 4.69) is 14.7 Å². The van der Waals surface area contributed by atoms with E-state index in [1.54, 1.807) is 16.7 Å². The molecule has 12 heteroatoms. The molecule has 4 aliphatic rings. The normalized spacial score (nSPS) is 24.0. The van der Waals surface area contributed by atoms with Crippen molar-refractivity contribution >= 4 is 34.6 Å². The molecule has 4 heterocycles. The number of ether oxygens (including phenoxy) is 1. The Bertz CT molecular complexity index is 1800. The molecule has 0 bridgehead atoms. The standard InChI is InChI=1S/C36H46F2N6O3S/c1-21-15-28-31-32(30(21)27-10-7-24(37)16-29(27)38)48-20-26(19-40-11-13-41(14-12-40)25-8-9-25)44(31)34(45)39-33(28)42-17-23(3)43(18-22(42)2)35(46)47-36(4,5)6/h7,10,15-16,22-23,25-26H,8-9,11-14,17-20H2,1-6H3/t22-,23+,26-/m0/s1. The van der Waals surface area contributed by atoms with Gasteiger partial charge >= 0.3 is 11.8 Å². The first-order chi connectivity index (χ1) is 22.8. The van der Waals surface area contributed by atoms with E-state index in [1.165, 1.54) is 25.0 Å². The van der Waals surface area contributed by atoms with Gasteiger partial charge < -0.3 is 14.5 Å². The van der Waals surface area contributed by atoms with Gasteiger partial charge in [0.25, 0.3) is 0 Å². The van der Waals surface area contributed by atoms with E-state index < -0.39 is 17.2 Å². The number of benzene rings is 2. The van der Waals surface area contributed by atoms with Crippen molar-refractivity contribution in [2.45, 2.75) is 89.0 Å². The van der Waals surface area contributed by atoms with Gasteiger partial charge in [-0.05, 0) is 78.1 Å². The van der Waals surface area contributed by atoms with E-state index in [9.17, 15) is 14.0 Å².